The molecule has 0 bridgehead atoms. The number of halogens is 3. The van der Waals surface area contributed by atoms with E-state index in [-0.39, 0.29) is 5.78 Å². The number of rotatable bonds is 3. The molecule has 0 saturated heterocycles. The van der Waals surface area contributed by atoms with Crippen LogP contribution in [0.4, 0.5) is 0 Å². The molecule has 19 heavy (non-hydrogen) atoms. The van der Waals surface area contributed by atoms with Crippen LogP contribution in [0.3, 0.4) is 0 Å². The first kappa shape index (κ1) is 14.6. The fraction of sp³-hybridized carbons (Fsp3) is 0.0714. The van der Waals surface area contributed by atoms with Gasteiger partial charge in [0.2, 0.25) is 0 Å². The van der Waals surface area contributed by atoms with Crippen LogP contribution in [0, 0.1) is 0 Å². The Hall–Kier alpha value is -0.840. The lowest BCUT2D eigenvalue weighted by atomic mass is 10.0. The summed E-state index contributed by atoms with van der Waals surface area (Å²) in [4.78, 5) is 12.4. The average molecular weight is 404 g/mol. The number of ether oxygens (including phenoxy) is 1. The molecule has 2 aromatic rings. The maximum Gasteiger partial charge on any atom is 0.194 e. The number of methoxy groups -OCH3 is 1. The maximum atomic E-state index is 12.4. The lowest BCUT2D eigenvalue weighted by molar-refractivity contribution is 0.103. The van der Waals surface area contributed by atoms with Gasteiger partial charge in [0.1, 0.15) is 5.75 Å². The third kappa shape index (κ3) is 3.19. The zero-order chi connectivity index (χ0) is 14.0. The third-order valence-electron chi connectivity index (χ3n) is 2.59. The van der Waals surface area contributed by atoms with Gasteiger partial charge < -0.3 is 4.74 Å². The van der Waals surface area contributed by atoms with E-state index in [1.54, 1.807) is 24.3 Å². The Morgan fingerprint density at radius 2 is 1.89 bits per heavy atom. The van der Waals surface area contributed by atoms with Gasteiger partial charge >= 0.3 is 0 Å². The number of carbonyl (C=O) groups is 1. The number of hydrogen-bond donors (Lipinski definition) is 0. The Morgan fingerprint density at radius 1 is 1.16 bits per heavy atom. The Bertz CT molecular complexity index is 641. The quantitative estimate of drug-likeness (QED) is 0.665. The van der Waals surface area contributed by atoms with E-state index in [2.05, 4.69) is 31.9 Å². The largest absolute Gasteiger partial charge is 0.495 e. The SMILES string of the molecule is COc1cc(C(=O)c2ccc(Br)cc2Br)ccc1Cl. The van der Waals surface area contributed by atoms with Gasteiger partial charge in [0, 0.05) is 20.1 Å². The summed E-state index contributed by atoms with van der Waals surface area (Å²) < 4.78 is 6.76. The van der Waals surface area contributed by atoms with Crippen molar-refractivity contribution < 1.29 is 9.53 Å². The van der Waals surface area contributed by atoms with E-state index in [4.69, 9.17) is 16.3 Å². The predicted octanol–water partition coefficient (Wildman–Crippen LogP) is 5.10. The van der Waals surface area contributed by atoms with Crippen molar-refractivity contribution in [1.82, 2.24) is 0 Å². The van der Waals surface area contributed by atoms with Crippen LogP contribution in [-0.4, -0.2) is 12.9 Å². The van der Waals surface area contributed by atoms with Crippen molar-refractivity contribution in [3.63, 3.8) is 0 Å². The molecule has 0 aromatic heterocycles. The van der Waals surface area contributed by atoms with Crippen LogP contribution in [0.1, 0.15) is 15.9 Å². The summed E-state index contributed by atoms with van der Waals surface area (Å²) in [6.45, 7) is 0. The molecule has 0 saturated carbocycles. The van der Waals surface area contributed by atoms with Gasteiger partial charge in [-0.15, -0.1) is 0 Å². The molecule has 2 nitrogen and oxygen atoms in total. The molecule has 2 aromatic carbocycles. The molecule has 0 radical (unpaired) electrons. The molecular weight excluding hydrogens is 395 g/mol. The van der Waals surface area contributed by atoms with E-state index in [0.29, 0.717) is 21.9 Å². The van der Waals surface area contributed by atoms with Crippen LogP contribution in [0.5, 0.6) is 5.75 Å². The highest BCUT2D eigenvalue weighted by atomic mass is 79.9. The molecule has 5 heteroatoms. The van der Waals surface area contributed by atoms with E-state index in [1.807, 2.05) is 12.1 Å². The summed E-state index contributed by atoms with van der Waals surface area (Å²) in [6, 6.07) is 10.4. The van der Waals surface area contributed by atoms with Crippen molar-refractivity contribution in [2.45, 2.75) is 0 Å². The van der Waals surface area contributed by atoms with Gasteiger partial charge in [-0.25, -0.2) is 0 Å². The fourth-order valence-corrected chi connectivity index (χ4v) is 3.05. The highest BCUT2D eigenvalue weighted by molar-refractivity contribution is 9.11. The molecule has 0 fully saturated rings. The minimum Gasteiger partial charge on any atom is -0.495 e. The fourth-order valence-electron chi connectivity index (χ4n) is 1.63. The van der Waals surface area contributed by atoms with Crippen molar-refractivity contribution in [3.05, 3.63) is 61.5 Å². The molecule has 0 aliphatic heterocycles. The normalized spacial score (nSPS) is 10.3. The molecule has 0 amide bonds. The second-order valence-electron chi connectivity index (χ2n) is 3.80. The zero-order valence-electron chi connectivity index (χ0n) is 9.91. The molecule has 0 atom stereocenters. The first-order valence-electron chi connectivity index (χ1n) is 5.36. The second-order valence-corrected chi connectivity index (χ2v) is 5.98. The molecule has 0 unspecified atom stereocenters. The molecular formula is C14H9Br2ClO2. The van der Waals surface area contributed by atoms with Crippen molar-refractivity contribution in [2.75, 3.05) is 7.11 Å². The van der Waals surface area contributed by atoms with E-state index in [9.17, 15) is 4.79 Å². The monoisotopic (exact) mass is 402 g/mol. The van der Waals surface area contributed by atoms with Crippen molar-refractivity contribution in [2.24, 2.45) is 0 Å². The van der Waals surface area contributed by atoms with E-state index < -0.39 is 0 Å². The van der Waals surface area contributed by atoms with E-state index >= 15 is 0 Å². The van der Waals surface area contributed by atoms with Crippen LogP contribution in [0.15, 0.2) is 45.3 Å². The smallest absolute Gasteiger partial charge is 0.194 e. The molecule has 0 spiro atoms. The molecule has 0 heterocycles. The number of benzene rings is 2. The third-order valence-corrected chi connectivity index (χ3v) is 4.05. The lowest BCUT2D eigenvalue weighted by Gasteiger charge is -2.07. The highest BCUT2D eigenvalue weighted by Gasteiger charge is 2.14. The summed E-state index contributed by atoms with van der Waals surface area (Å²) in [6.07, 6.45) is 0. The van der Waals surface area contributed by atoms with E-state index in [1.165, 1.54) is 7.11 Å². The Labute approximate surface area is 133 Å². The molecule has 2 rings (SSSR count). The Kier molecular flexibility index (Phi) is 4.66. The first-order valence-corrected chi connectivity index (χ1v) is 7.32. The topological polar surface area (TPSA) is 26.3 Å². The summed E-state index contributed by atoms with van der Waals surface area (Å²) >= 11 is 12.7. The van der Waals surface area contributed by atoms with Crippen molar-refractivity contribution in [1.29, 1.82) is 0 Å². The van der Waals surface area contributed by atoms with Crippen LogP contribution in [0.2, 0.25) is 5.02 Å². The minimum absolute atomic E-state index is 0.0886. The van der Waals surface area contributed by atoms with Crippen LogP contribution in [0.25, 0.3) is 0 Å². The predicted molar refractivity (Wildman–Crippen MR) is 83.3 cm³/mol. The number of hydrogen-bond acceptors (Lipinski definition) is 2. The second kappa shape index (κ2) is 6.07. The highest BCUT2D eigenvalue weighted by Crippen LogP contribution is 2.28. The van der Waals surface area contributed by atoms with Gasteiger partial charge in [0.15, 0.2) is 5.78 Å². The Morgan fingerprint density at radius 3 is 2.53 bits per heavy atom. The summed E-state index contributed by atoms with van der Waals surface area (Å²) in [5, 5.41) is 0.480. The summed E-state index contributed by atoms with van der Waals surface area (Å²) in [5.41, 5.74) is 1.12. The molecule has 0 aliphatic rings. The van der Waals surface area contributed by atoms with Gasteiger partial charge in [-0.3, -0.25) is 4.79 Å². The van der Waals surface area contributed by atoms with Crippen molar-refractivity contribution in [3.8, 4) is 5.75 Å². The van der Waals surface area contributed by atoms with Gasteiger partial charge in [0.05, 0.1) is 12.1 Å². The molecule has 98 valence electrons. The lowest BCUT2D eigenvalue weighted by Crippen LogP contribution is -2.02. The van der Waals surface area contributed by atoms with Crippen LogP contribution >= 0.6 is 43.5 Å². The molecule has 0 aliphatic carbocycles. The van der Waals surface area contributed by atoms with E-state index in [0.717, 1.165) is 8.95 Å². The standard InChI is InChI=1S/C14H9Br2ClO2/c1-19-13-6-8(2-5-12(13)17)14(18)10-4-3-9(15)7-11(10)16/h2-7H,1H3. The average Bonchev–Trinajstić information content (AvgIpc) is 2.38. The van der Waals surface area contributed by atoms with Gasteiger partial charge in [-0.1, -0.05) is 27.5 Å². The Balaban J connectivity index is 2.44. The first-order chi connectivity index (χ1) is 9.02. The summed E-state index contributed by atoms with van der Waals surface area (Å²) in [5.74, 6) is 0.398. The minimum atomic E-state index is -0.0886. The number of ketones is 1. The van der Waals surface area contributed by atoms with Gasteiger partial charge in [-0.05, 0) is 52.3 Å². The van der Waals surface area contributed by atoms with Crippen molar-refractivity contribution >= 4 is 49.2 Å². The van der Waals surface area contributed by atoms with Gasteiger partial charge in [0.25, 0.3) is 0 Å². The summed E-state index contributed by atoms with van der Waals surface area (Å²) in [7, 11) is 1.52. The maximum absolute atomic E-state index is 12.4. The van der Waals surface area contributed by atoms with Gasteiger partial charge in [-0.2, -0.15) is 0 Å². The van der Waals surface area contributed by atoms with Crippen LogP contribution < -0.4 is 4.74 Å². The number of carbonyl (C=O) groups excluding carboxylic acids is 1. The van der Waals surface area contributed by atoms with Crippen LogP contribution in [-0.2, 0) is 0 Å². The molecule has 0 N–H and O–H groups in total. The zero-order valence-corrected chi connectivity index (χ0v) is 13.8.